The van der Waals surface area contributed by atoms with E-state index in [2.05, 4.69) is 37.9 Å². The molecule has 0 bridgehead atoms. The van der Waals surface area contributed by atoms with Gasteiger partial charge in [-0.3, -0.25) is 0 Å². The van der Waals surface area contributed by atoms with Gasteiger partial charge in [-0.1, -0.05) is 34.1 Å². The summed E-state index contributed by atoms with van der Waals surface area (Å²) in [7, 11) is 0. The van der Waals surface area contributed by atoms with Crippen LogP contribution in [0.3, 0.4) is 0 Å². The van der Waals surface area contributed by atoms with E-state index in [-0.39, 0.29) is 0 Å². The van der Waals surface area contributed by atoms with Gasteiger partial charge in [0, 0.05) is 13.1 Å². The molecule has 1 aliphatic rings. The number of hydrogen-bond donors (Lipinski definition) is 1. The van der Waals surface area contributed by atoms with Gasteiger partial charge in [0.1, 0.15) is 0 Å². The van der Waals surface area contributed by atoms with Crippen molar-refractivity contribution in [2.75, 3.05) is 32.7 Å². The summed E-state index contributed by atoms with van der Waals surface area (Å²) in [6, 6.07) is 0. The Morgan fingerprint density at radius 2 is 1.89 bits per heavy atom. The van der Waals surface area contributed by atoms with Gasteiger partial charge < -0.3 is 10.2 Å². The van der Waals surface area contributed by atoms with Crippen molar-refractivity contribution in [3.8, 4) is 0 Å². The second kappa shape index (κ2) is 8.16. The number of nitrogens with zero attached hydrogens (tertiary/aromatic N) is 1. The van der Waals surface area contributed by atoms with E-state index in [4.69, 9.17) is 0 Å². The second-order valence-electron chi connectivity index (χ2n) is 7.11. The molecule has 0 spiro atoms. The van der Waals surface area contributed by atoms with E-state index in [1.165, 1.54) is 51.7 Å². The topological polar surface area (TPSA) is 15.3 Å². The summed E-state index contributed by atoms with van der Waals surface area (Å²) in [5.74, 6) is 0.990. The molecule has 1 rings (SSSR count). The zero-order valence-corrected chi connectivity index (χ0v) is 13.1. The van der Waals surface area contributed by atoms with Gasteiger partial charge in [0.2, 0.25) is 0 Å². The number of hydrogen-bond acceptors (Lipinski definition) is 2. The second-order valence-corrected chi connectivity index (χ2v) is 7.11. The molecule has 1 aliphatic heterocycles. The number of rotatable bonds is 6. The van der Waals surface area contributed by atoms with Crippen molar-refractivity contribution in [3.05, 3.63) is 0 Å². The molecular weight excluding hydrogens is 220 g/mol. The van der Waals surface area contributed by atoms with Crippen LogP contribution in [0.5, 0.6) is 0 Å². The molecule has 18 heavy (non-hydrogen) atoms. The third-order valence-electron chi connectivity index (χ3n) is 4.17. The highest BCUT2D eigenvalue weighted by atomic mass is 15.1. The fourth-order valence-corrected chi connectivity index (χ4v) is 2.68. The fourth-order valence-electron chi connectivity index (χ4n) is 2.68. The summed E-state index contributed by atoms with van der Waals surface area (Å²) in [5, 5.41) is 3.59. The summed E-state index contributed by atoms with van der Waals surface area (Å²) in [5.41, 5.74) is 0.462. The maximum absolute atomic E-state index is 3.59. The van der Waals surface area contributed by atoms with Crippen LogP contribution >= 0.6 is 0 Å². The van der Waals surface area contributed by atoms with Crippen LogP contribution in [0, 0.1) is 11.3 Å². The largest absolute Gasteiger partial charge is 0.315 e. The molecule has 2 nitrogen and oxygen atoms in total. The van der Waals surface area contributed by atoms with Crippen LogP contribution in [0.25, 0.3) is 0 Å². The minimum Gasteiger partial charge on any atom is -0.315 e. The van der Waals surface area contributed by atoms with E-state index >= 15 is 0 Å². The normalized spacial score (nSPS) is 23.0. The van der Waals surface area contributed by atoms with E-state index in [9.17, 15) is 0 Å². The van der Waals surface area contributed by atoms with Crippen molar-refractivity contribution in [1.82, 2.24) is 10.2 Å². The third-order valence-corrected chi connectivity index (χ3v) is 4.17. The van der Waals surface area contributed by atoms with Crippen LogP contribution in [0.1, 0.15) is 59.8 Å². The van der Waals surface area contributed by atoms with E-state index in [0.29, 0.717) is 5.41 Å². The lowest BCUT2D eigenvalue weighted by Gasteiger charge is -2.22. The Labute approximate surface area is 115 Å². The van der Waals surface area contributed by atoms with Crippen molar-refractivity contribution in [2.24, 2.45) is 11.3 Å². The van der Waals surface area contributed by atoms with Gasteiger partial charge in [0.05, 0.1) is 0 Å². The number of nitrogens with one attached hydrogen (secondary N) is 1. The lowest BCUT2D eigenvalue weighted by molar-refractivity contribution is 0.275. The standard InChI is InChI=1S/C16H34N2/c1-5-15-7-6-12-18(13-8-15)14-11-17-10-9-16(2,3)4/h15,17H,5-14H2,1-4H3. The zero-order valence-electron chi connectivity index (χ0n) is 13.1. The molecule has 1 saturated heterocycles. The van der Waals surface area contributed by atoms with Crippen LogP contribution in [0.2, 0.25) is 0 Å². The first-order valence-electron chi connectivity index (χ1n) is 7.94. The van der Waals surface area contributed by atoms with Crippen molar-refractivity contribution >= 4 is 0 Å². The van der Waals surface area contributed by atoms with E-state index < -0.39 is 0 Å². The van der Waals surface area contributed by atoms with Crippen LogP contribution in [0.15, 0.2) is 0 Å². The molecule has 1 unspecified atom stereocenters. The Morgan fingerprint density at radius 3 is 2.56 bits per heavy atom. The minimum absolute atomic E-state index is 0.462. The van der Waals surface area contributed by atoms with Crippen LogP contribution < -0.4 is 5.32 Å². The van der Waals surface area contributed by atoms with Crippen LogP contribution in [0.4, 0.5) is 0 Å². The maximum atomic E-state index is 3.59. The van der Waals surface area contributed by atoms with Gasteiger partial charge >= 0.3 is 0 Å². The Hall–Kier alpha value is -0.0800. The molecule has 0 aromatic heterocycles. The highest BCUT2D eigenvalue weighted by molar-refractivity contribution is 4.70. The average molecular weight is 254 g/mol. The minimum atomic E-state index is 0.462. The summed E-state index contributed by atoms with van der Waals surface area (Å²) < 4.78 is 0. The molecule has 1 N–H and O–H groups in total. The molecule has 1 atom stereocenters. The lowest BCUT2D eigenvalue weighted by atomic mass is 9.92. The van der Waals surface area contributed by atoms with Crippen molar-refractivity contribution in [2.45, 2.75) is 59.8 Å². The predicted molar refractivity (Wildman–Crippen MR) is 81.0 cm³/mol. The van der Waals surface area contributed by atoms with Gasteiger partial charge in [-0.25, -0.2) is 0 Å². The first-order valence-corrected chi connectivity index (χ1v) is 7.94. The molecule has 0 aromatic carbocycles. The van der Waals surface area contributed by atoms with E-state index in [0.717, 1.165) is 19.0 Å². The lowest BCUT2D eigenvalue weighted by Crippen LogP contribution is -2.34. The quantitative estimate of drug-likeness (QED) is 0.730. The molecule has 1 heterocycles. The SMILES string of the molecule is CCC1CCCN(CCNCCC(C)(C)C)CC1. The fraction of sp³-hybridized carbons (Fsp3) is 1.00. The monoisotopic (exact) mass is 254 g/mol. The van der Waals surface area contributed by atoms with E-state index in [1.807, 2.05) is 0 Å². The Kier molecular flexibility index (Phi) is 7.25. The summed E-state index contributed by atoms with van der Waals surface area (Å²) in [6.07, 6.45) is 6.91. The zero-order chi connectivity index (χ0) is 13.4. The molecule has 2 heteroatoms. The molecule has 0 saturated carbocycles. The molecule has 0 aliphatic carbocycles. The highest BCUT2D eigenvalue weighted by Crippen LogP contribution is 2.20. The summed E-state index contributed by atoms with van der Waals surface area (Å²) in [6.45, 7) is 15.5. The Balaban J connectivity index is 2.05. The van der Waals surface area contributed by atoms with Gasteiger partial charge in [0.15, 0.2) is 0 Å². The van der Waals surface area contributed by atoms with Gasteiger partial charge in [-0.05, 0) is 56.7 Å². The van der Waals surface area contributed by atoms with Crippen LogP contribution in [-0.4, -0.2) is 37.6 Å². The summed E-state index contributed by atoms with van der Waals surface area (Å²) in [4.78, 5) is 2.65. The predicted octanol–water partition coefficient (Wildman–Crippen LogP) is 3.52. The van der Waals surface area contributed by atoms with Crippen LogP contribution in [-0.2, 0) is 0 Å². The molecule has 1 fully saturated rings. The Morgan fingerprint density at radius 1 is 1.11 bits per heavy atom. The third kappa shape index (κ3) is 7.38. The van der Waals surface area contributed by atoms with Crippen molar-refractivity contribution < 1.29 is 0 Å². The Bertz CT molecular complexity index is 208. The first-order chi connectivity index (χ1) is 8.51. The van der Waals surface area contributed by atoms with Gasteiger partial charge in [0.25, 0.3) is 0 Å². The van der Waals surface area contributed by atoms with Gasteiger partial charge in [-0.2, -0.15) is 0 Å². The maximum Gasteiger partial charge on any atom is 0.0107 e. The molecule has 0 radical (unpaired) electrons. The molecule has 108 valence electrons. The first kappa shape index (κ1) is 16.0. The van der Waals surface area contributed by atoms with Crippen molar-refractivity contribution in [3.63, 3.8) is 0 Å². The van der Waals surface area contributed by atoms with Crippen molar-refractivity contribution in [1.29, 1.82) is 0 Å². The average Bonchev–Trinajstić information content (AvgIpc) is 2.52. The number of likely N-dealkylation sites (tertiary alicyclic amines) is 1. The van der Waals surface area contributed by atoms with E-state index in [1.54, 1.807) is 0 Å². The van der Waals surface area contributed by atoms with Gasteiger partial charge in [-0.15, -0.1) is 0 Å². The smallest absolute Gasteiger partial charge is 0.0107 e. The molecule has 0 aromatic rings. The molecule has 0 amide bonds. The highest BCUT2D eigenvalue weighted by Gasteiger charge is 2.15. The summed E-state index contributed by atoms with van der Waals surface area (Å²) >= 11 is 0. The molecular formula is C16H34N2.